The van der Waals surface area contributed by atoms with Crippen molar-refractivity contribution in [2.24, 2.45) is 5.92 Å². The van der Waals surface area contributed by atoms with Gasteiger partial charge in [0.15, 0.2) is 10.8 Å². The van der Waals surface area contributed by atoms with Gasteiger partial charge in [-0.05, 0) is 31.6 Å². The molecule has 1 atom stereocenters. The van der Waals surface area contributed by atoms with Gasteiger partial charge in [0.2, 0.25) is 0 Å². The summed E-state index contributed by atoms with van der Waals surface area (Å²) in [4.78, 5) is 19.2. The fourth-order valence-corrected chi connectivity index (χ4v) is 4.80. The Kier molecular flexibility index (Phi) is 4.58. The number of nitrogens with one attached hydrogen (secondary N) is 1. The van der Waals surface area contributed by atoms with Crippen LogP contribution >= 0.6 is 11.8 Å². The zero-order valence-corrected chi connectivity index (χ0v) is 14.9. The summed E-state index contributed by atoms with van der Waals surface area (Å²) in [6.45, 7) is 3.54. The number of carbonyl (C=O) groups is 1. The molecular weight excluding hydrogens is 324 g/mol. The Labute approximate surface area is 147 Å². The molecule has 2 aliphatic heterocycles. The summed E-state index contributed by atoms with van der Waals surface area (Å²) in [5, 5.41) is 15.2. The number of amides is 1. The van der Waals surface area contributed by atoms with Gasteiger partial charge in [0, 0.05) is 44.7 Å². The van der Waals surface area contributed by atoms with Crippen LogP contribution in [-0.2, 0) is 17.9 Å². The summed E-state index contributed by atoms with van der Waals surface area (Å²) >= 11 is 1.78. The summed E-state index contributed by atoms with van der Waals surface area (Å²) in [5.74, 6) is 1.66. The molecule has 6 nitrogen and oxygen atoms in total. The molecule has 1 amide bonds. The summed E-state index contributed by atoms with van der Waals surface area (Å²) in [7, 11) is 0. The number of rotatable bonds is 6. The Morgan fingerprint density at radius 2 is 2.25 bits per heavy atom. The first-order valence-electron chi connectivity index (χ1n) is 9.05. The fraction of sp³-hybridized carbons (Fsp3) is 0.765. The third-order valence-corrected chi connectivity index (χ3v) is 6.45. The molecule has 1 aromatic heterocycles. The average molecular weight is 350 g/mol. The highest BCUT2D eigenvalue weighted by atomic mass is 32.2. The van der Waals surface area contributed by atoms with Crippen LogP contribution in [0.1, 0.15) is 37.8 Å². The van der Waals surface area contributed by atoms with E-state index in [-0.39, 0.29) is 5.91 Å². The van der Waals surface area contributed by atoms with Crippen LogP contribution in [0.15, 0.2) is 11.4 Å². The highest BCUT2D eigenvalue weighted by Crippen LogP contribution is 2.30. The maximum Gasteiger partial charge on any atom is 0.255 e. The molecule has 2 fully saturated rings. The van der Waals surface area contributed by atoms with Gasteiger partial charge < -0.3 is 19.9 Å². The molecule has 3 aliphatic rings. The largest absolute Gasteiger partial charge is 0.379 e. The minimum atomic E-state index is -1.25. The molecule has 0 radical (unpaired) electrons. The van der Waals surface area contributed by atoms with E-state index in [0.717, 1.165) is 42.7 Å². The van der Waals surface area contributed by atoms with Gasteiger partial charge in [-0.2, -0.15) is 0 Å². The van der Waals surface area contributed by atoms with Gasteiger partial charge in [-0.1, -0.05) is 18.2 Å². The molecule has 132 valence electrons. The monoisotopic (exact) mass is 350 g/mol. The third kappa shape index (κ3) is 3.21. The van der Waals surface area contributed by atoms with Crippen molar-refractivity contribution in [3.05, 3.63) is 11.9 Å². The normalized spacial score (nSPS) is 27.4. The second-order valence-corrected chi connectivity index (χ2v) is 8.41. The molecule has 4 rings (SSSR count). The van der Waals surface area contributed by atoms with Crippen LogP contribution in [0.4, 0.5) is 0 Å². The molecule has 1 aliphatic carbocycles. The number of aryl methyl sites for hydroxylation is 1. The van der Waals surface area contributed by atoms with Crippen LogP contribution in [-0.4, -0.2) is 56.5 Å². The lowest BCUT2D eigenvalue weighted by Crippen LogP contribution is -2.58. The summed E-state index contributed by atoms with van der Waals surface area (Å²) in [6.07, 6.45) is 7.23. The lowest BCUT2D eigenvalue weighted by atomic mass is 9.83. The van der Waals surface area contributed by atoms with E-state index in [1.165, 1.54) is 19.3 Å². The minimum absolute atomic E-state index is 0.0870. The van der Waals surface area contributed by atoms with Gasteiger partial charge in [-0.3, -0.25) is 4.79 Å². The zero-order valence-electron chi connectivity index (χ0n) is 14.0. The van der Waals surface area contributed by atoms with Gasteiger partial charge in [-0.25, -0.2) is 4.98 Å². The van der Waals surface area contributed by atoms with Gasteiger partial charge in [0.1, 0.15) is 0 Å². The van der Waals surface area contributed by atoms with E-state index in [4.69, 9.17) is 0 Å². The van der Waals surface area contributed by atoms with Crippen molar-refractivity contribution in [3.63, 3.8) is 0 Å². The number of carbonyl (C=O) groups excluding carboxylic acids is 1. The molecule has 1 aromatic rings. The number of fused-ring (bicyclic) bond motifs is 1. The average Bonchev–Trinajstić information content (AvgIpc) is 3.08. The Morgan fingerprint density at radius 1 is 1.38 bits per heavy atom. The number of nitrogens with zero attached hydrogens (tertiary/aromatic N) is 3. The zero-order chi connectivity index (χ0) is 16.6. The Balaban J connectivity index is 1.31. The van der Waals surface area contributed by atoms with Crippen LogP contribution in [0.5, 0.6) is 0 Å². The third-order valence-electron chi connectivity index (χ3n) is 5.48. The van der Waals surface area contributed by atoms with E-state index in [0.29, 0.717) is 25.4 Å². The molecule has 7 heteroatoms. The van der Waals surface area contributed by atoms with Crippen LogP contribution < -0.4 is 5.32 Å². The quantitative estimate of drug-likeness (QED) is 0.808. The Morgan fingerprint density at radius 3 is 3.00 bits per heavy atom. The maximum atomic E-state index is 12.7. The molecular formula is C17H26N4O2S. The minimum Gasteiger partial charge on any atom is -0.379 e. The van der Waals surface area contributed by atoms with E-state index in [1.54, 1.807) is 11.8 Å². The molecule has 3 heterocycles. The first-order chi connectivity index (χ1) is 11.6. The number of hydrogen-bond donors (Lipinski definition) is 2. The molecule has 0 aromatic carbocycles. The van der Waals surface area contributed by atoms with Crippen LogP contribution in [0, 0.1) is 5.92 Å². The smallest absolute Gasteiger partial charge is 0.255 e. The Bertz CT molecular complexity index is 594. The van der Waals surface area contributed by atoms with Gasteiger partial charge >= 0.3 is 0 Å². The number of aliphatic hydroxyl groups is 1. The Hall–Kier alpha value is -1.05. The van der Waals surface area contributed by atoms with Crippen LogP contribution in [0.3, 0.4) is 0 Å². The highest BCUT2D eigenvalue weighted by molar-refractivity contribution is 7.99. The van der Waals surface area contributed by atoms with Crippen molar-refractivity contribution in [1.29, 1.82) is 0 Å². The second-order valence-electron chi connectivity index (χ2n) is 7.34. The second kappa shape index (κ2) is 6.69. The molecule has 0 bridgehead atoms. The van der Waals surface area contributed by atoms with E-state index >= 15 is 0 Å². The van der Waals surface area contributed by atoms with Crippen molar-refractivity contribution in [2.75, 3.05) is 25.4 Å². The summed E-state index contributed by atoms with van der Waals surface area (Å²) in [5.41, 5.74) is -0.269. The molecule has 1 saturated heterocycles. The lowest BCUT2D eigenvalue weighted by molar-refractivity contribution is -0.157. The number of aromatic nitrogens is 2. The van der Waals surface area contributed by atoms with Crippen molar-refractivity contribution < 1.29 is 9.90 Å². The molecule has 2 N–H and O–H groups in total. The number of likely N-dealkylation sites (tertiary alicyclic amines) is 1. The first kappa shape index (κ1) is 16.4. The molecule has 24 heavy (non-hydrogen) atoms. The summed E-state index contributed by atoms with van der Waals surface area (Å²) in [6, 6.07) is 0. The first-order valence-corrected chi connectivity index (χ1v) is 10.0. The standard InChI is InChI=1S/C17H26N4O2S/c22-15-17(23,5-2-6-20(15)10-13-3-1-4-13)12-18-9-14-11-21-7-8-24-16(21)19-14/h11,13,18,23H,1-10,12H2/t17-/m1/s1. The SMILES string of the molecule is O=C1N(CC2CCC2)CCC[C@@]1(O)CNCc1cn2c(n1)SCC2. The van der Waals surface area contributed by atoms with Crippen molar-refractivity contribution in [1.82, 2.24) is 19.8 Å². The van der Waals surface area contributed by atoms with Crippen LogP contribution in [0.25, 0.3) is 0 Å². The van der Waals surface area contributed by atoms with Gasteiger partial charge in [-0.15, -0.1) is 0 Å². The maximum absolute atomic E-state index is 12.7. The predicted molar refractivity (Wildman–Crippen MR) is 92.8 cm³/mol. The van der Waals surface area contributed by atoms with Crippen molar-refractivity contribution >= 4 is 17.7 Å². The lowest BCUT2D eigenvalue weighted by Gasteiger charge is -2.41. The number of thioether (sulfide) groups is 1. The molecule has 0 spiro atoms. The van der Waals surface area contributed by atoms with Gasteiger partial charge in [0.25, 0.3) is 5.91 Å². The van der Waals surface area contributed by atoms with Gasteiger partial charge in [0.05, 0.1) is 5.69 Å². The number of hydrogen-bond acceptors (Lipinski definition) is 5. The fourth-order valence-electron chi connectivity index (χ4n) is 3.83. The van der Waals surface area contributed by atoms with Crippen molar-refractivity contribution in [3.8, 4) is 0 Å². The van der Waals surface area contributed by atoms with Crippen LogP contribution in [0.2, 0.25) is 0 Å². The van der Waals surface area contributed by atoms with E-state index in [9.17, 15) is 9.90 Å². The summed E-state index contributed by atoms with van der Waals surface area (Å²) < 4.78 is 2.17. The van der Waals surface area contributed by atoms with E-state index in [2.05, 4.69) is 21.1 Å². The highest BCUT2D eigenvalue weighted by Gasteiger charge is 2.42. The van der Waals surface area contributed by atoms with E-state index in [1.807, 2.05) is 4.90 Å². The topological polar surface area (TPSA) is 70.4 Å². The van der Waals surface area contributed by atoms with Crippen molar-refractivity contribution in [2.45, 2.75) is 56.0 Å². The number of piperidine rings is 1. The molecule has 0 unspecified atom stereocenters. The molecule has 1 saturated carbocycles. The predicted octanol–water partition coefficient (Wildman–Crippen LogP) is 1.23. The van der Waals surface area contributed by atoms with E-state index < -0.39 is 5.60 Å². The number of imidazole rings is 1.